The molecule has 0 saturated carbocycles. The third kappa shape index (κ3) is 4.12. The lowest BCUT2D eigenvalue weighted by Gasteiger charge is -2.30. The Hall–Kier alpha value is -1.50. The Morgan fingerprint density at radius 3 is 2.75 bits per heavy atom. The molecule has 3 atom stereocenters. The van der Waals surface area contributed by atoms with Crippen molar-refractivity contribution in [2.45, 2.75) is 56.5 Å². The molecule has 1 aliphatic heterocycles. The summed E-state index contributed by atoms with van der Waals surface area (Å²) >= 11 is 1.73. The third-order valence-electron chi connectivity index (χ3n) is 4.27. The molecule has 1 saturated heterocycles. The summed E-state index contributed by atoms with van der Waals surface area (Å²) in [6.07, 6.45) is 3.08. The maximum absolute atomic E-state index is 9.90. The van der Waals surface area contributed by atoms with Crippen LogP contribution in [0.1, 0.15) is 36.6 Å². The fourth-order valence-corrected chi connectivity index (χ4v) is 3.36. The van der Waals surface area contributed by atoms with Gasteiger partial charge in [0.2, 0.25) is 12.2 Å². The van der Waals surface area contributed by atoms with Crippen LogP contribution in [-0.4, -0.2) is 40.1 Å². The molecule has 0 unspecified atom stereocenters. The predicted molar refractivity (Wildman–Crippen MR) is 94.6 cm³/mol. The molecular formula is C18H24N2O3S. The third-order valence-corrected chi connectivity index (χ3v) is 5.02. The number of hydrogen-bond acceptors (Lipinski definition) is 5. The molecule has 5 nitrogen and oxygen atoms in total. The Morgan fingerprint density at radius 1 is 1.33 bits per heavy atom. The molecule has 2 N–H and O–H groups in total. The van der Waals surface area contributed by atoms with Gasteiger partial charge in [-0.15, -0.1) is 16.9 Å². The summed E-state index contributed by atoms with van der Waals surface area (Å²) in [4.78, 5) is 1.25. The molecule has 0 bridgehead atoms. The maximum atomic E-state index is 9.90. The number of rotatable bonds is 5. The molecule has 1 aliphatic rings. The number of H-pyrrole nitrogens is 1. The van der Waals surface area contributed by atoms with Crippen molar-refractivity contribution in [2.24, 2.45) is 0 Å². The lowest BCUT2D eigenvalue weighted by Crippen LogP contribution is -2.37. The molecule has 3 rings (SSSR count). The molecule has 130 valence electrons. The monoisotopic (exact) mass is 348 g/mol. The van der Waals surface area contributed by atoms with E-state index >= 15 is 0 Å². The van der Waals surface area contributed by atoms with E-state index in [4.69, 9.17) is 9.47 Å². The largest absolute Gasteiger partial charge is 0.446 e. The van der Waals surface area contributed by atoms with Crippen molar-refractivity contribution >= 4 is 11.8 Å². The Morgan fingerprint density at radius 2 is 2.08 bits per heavy atom. The number of benzene rings is 1. The van der Waals surface area contributed by atoms with Crippen LogP contribution in [0.15, 0.2) is 29.2 Å². The molecule has 1 aromatic carbocycles. The summed E-state index contributed by atoms with van der Waals surface area (Å²) in [5.41, 5.74) is 3.23. The van der Waals surface area contributed by atoms with E-state index in [0.29, 0.717) is 18.7 Å². The van der Waals surface area contributed by atoms with Crippen molar-refractivity contribution in [1.82, 2.24) is 10.2 Å². The Labute approximate surface area is 146 Å². The van der Waals surface area contributed by atoms with E-state index in [2.05, 4.69) is 40.7 Å². The van der Waals surface area contributed by atoms with Crippen molar-refractivity contribution in [3.63, 3.8) is 0 Å². The second-order valence-electron chi connectivity index (χ2n) is 6.28. The minimum atomic E-state index is -0.455. The Kier molecular flexibility index (Phi) is 5.48. The van der Waals surface area contributed by atoms with Crippen molar-refractivity contribution in [3.8, 4) is 5.88 Å². The summed E-state index contributed by atoms with van der Waals surface area (Å²) in [7, 11) is 0. The number of thioether (sulfide) groups is 1. The molecule has 2 heterocycles. The van der Waals surface area contributed by atoms with Crippen LogP contribution in [0, 0.1) is 6.92 Å². The first-order chi connectivity index (χ1) is 11.5. The van der Waals surface area contributed by atoms with Crippen molar-refractivity contribution < 1.29 is 14.6 Å². The molecule has 0 spiro atoms. The van der Waals surface area contributed by atoms with E-state index in [-0.39, 0.29) is 12.2 Å². The second-order valence-corrected chi connectivity index (χ2v) is 7.16. The zero-order chi connectivity index (χ0) is 17.1. The second kappa shape index (κ2) is 7.59. The molecule has 0 aliphatic carbocycles. The summed E-state index contributed by atoms with van der Waals surface area (Å²) in [6.45, 7) is 3.94. The standard InChI is InChI=1S/C18H24N2O3S/c1-11-8-14(21)10-17(22-11)23-18-16(12(2)19-20-18)9-13-4-6-15(24-3)7-5-13/h4-7,11,14,17,21H,8-10H2,1-3H3,(H,19,20)/t11-,14+,17+/m1/s1. The number of hydrogen-bond donors (Lipinski definition) is 2. The van der Waals surface area contributed by atoms with Crippen LogP contribution in [0.25, 0.3) is 0 Å². The molecule has 24 heavy (non-hydrogen) atoms. The number of ether oxygens (including phenoxy) is 2. The predicted octanol–water partition coefficient (Wildman–Crippen LogP) is 3.30. The minimum absolute atomic E-state index is 0.0127. The number of aromatic amines is 1. The molecular weight excluding hydrogens is 324 g/mol. The Bertz CT molecular complexity index is 661. The molecule has 6 heteroatoms. The number of nitrogens with zero attached hydrogens (tertiary/aromatic N) is 1. The first kappa shape index (κ1) is 17.3. The topological polar surface area (TPSA) is 67.4 Å². The van der Waals surface area contributed by atoms with Gasteiger partial charge < -0.3 is 14.6 Å². The number of aliphatic hydroxyl groups excluding tert-OH is 1. The highest BCUT2D eigenvalue weighted by Crippen LogP contribution is 2.27. The van der Waals surface area contributed by atoms with Gasteiger partial charge in [-0.05, 0) is 44.2 Å². The SMILES string of the molecule is CSc1ccc(Cc2c(O[C@H]3C[C@@H](O)C[C@@H](C)O3)n[nH]c2C)cc1. The van der Waals surface area contributed by atoms with Crippen molar-refractivity contribution in [1.29, 1.82) is 0 Å². The lowest BCUT2D eigenvalue weighted by molar-refractivity contribution is -0.171. The van der Waals surface area contributed by atoms with Crippen LogP contribution >= 0.6 is 11.8 Å². The summed E-state index contributed by atoms with van der Waals surface area (Å²) in [5, 5.41) is 17.2. The lowest BCUT2D eigenvalue weighted by atomic mass is 10.1. The van der Waals surface area contributed by atoms with Crippen molar-refractivity contribution in [2.75, 3.05) is 6.26 Å². The highest BCUT2D eigenvalue weighted by molar-refractivity contribution is 7.98. The van der Waals surface area contributed by atoms with E-state index in [1.54, 1.807) is 11.8 Å². The summed E-state index contributed by atoms with van der Waals surface area (Å²) < 4.78 is 11.7. The van der Waals surface area contributed by atoms with Gasteiger partial charge in [-0.1, -0.05) is 12.1 Å². The number of aryl methyl sites for hydroxylation is 1. The fraction of sp³-hybridized carbons (Fsp3) is 0.500. The van der Waals surface area contributed by atoms with E-state index in [0.717, 1.165) is 17.7 Å². The van der Waals surface area contributed by atoms with Crippen molar-refractivity contribution in [3.05, 3.63) is 41.1 Å². The van der Waals surface area contributed by atoms with Crippen LogP contribution in [0.3, 0.4) is 0 Å². The molecule has 1 aromatic heterocycles. The fourth-order valence-electron chi connectivity index (χ4n) is 2.96. The average Bonchev–Trinajstić information content (AvgIpc) is 2.88. The molecule has 1 fully saturated rings. The highest BCUT2D eigenvalue weighted by Gasteiger charge is 2.28. The molecule has 0 amide bonds. The van der Waals surface area contributed by atoms with Gasteiger partial charge in [0.15, 0.2) is 0 Å². The quantitative estimate of drug-likeness (QED) is 0.812. The van der Waals surface area contributed by atoms with E-state index in [9.17, 15) is 5.11 Å². The van der Waals surface area contributed by atoms with Crippen LogP contribution in [0.4, 0.5) is 0 Å². The van der Waals surface area contributed by atoms with Gasteiger partial charge in [0.1, 0.15) is 0 Å². The first-order valence-corrected chi connectivity index (χ1v) is 9.44. The van der Waals surface area contributed by atoms with Crippen LogP contribution in [0.2, 0.25) is 0 Å². The van der Waals surface area contributed by atoms with Gasteiger partial charge in [-0.3, -0.25) is 5.10 Å². The first-order valence-electron chi connectivity index (χ1n) is 8.22. The van der Waals surface area contributed by atoms with Gasteiger partial charge in [0, 0.05) is 29.0 Å². The zero-order valence-corrected chi connectivity index (χ0v) is 15.1. The maximum Gasteiger partial charge on any atom is 0.238 e. The van der Waals surface area contributed by atoms with Gasteiger partial charge in [-0.2, -0.15) is 0 Å². The van der Waals surface area contributed by atoms with E-state index < -0.39 is 6.29 Å². The smallest absolute Gasteiger partial charge is 0.238 e. The van der Waals surface area contributed by atoms with Crippen LogP contribution in [-0.2, 0) is 11.2 Å². The van der Waals surface area contributed by atoms with Gasteiger partial charge in [0.05, 0.1) is 12.2 Å². The van der Waals surface area contributed by atoms with Crippen LogP contribution in [0.5, 0.6) is 5.88 Å². The van der Waals surface area contributed by atoms with Gasteiger partial charge >= 0.3 is 0 Å². The van der Waals surface area contributed by atoms with E-state index in [1.807, 2.05) is 13.8 Å². The normalized spacial score (nSPS) is 24.1. The number of aliphatic hydroxyl groups is 1. The molecule has 2 aromatic rings. The summed E-state index contributed by atoms with van der Waals surface area (Å²) in [5.74, 6) is 0.563. The number of aromatic nitrogens is 2. The average molecular weight is 348 g/mol. The Balaban J connectivity index is 1.73. The zero-order valence-electron chi connectivity index (χ0n) is 14.3. The summed E-state index contributed by atoms with van der Waals surface area (Å²) in [6, 6.07) is 8.51. The highest BCUT2D eigenvalue weighted by atomic mass is 32.2. The van der Waals surface area contributed by atoms with E-state index in [1.165, 1.54) is 10.5 Å². The minimum Gasteiger partial charge on any atom is -0.446 e. The molecule has 0 radical (unpaired) electrons. The van der Waals surface area contributed by atoms with Gasteiger partial charge in [0.25, 0.3) is 0 Å². The van der Waals surface area contributed by atoms with Gasteiger partial charge in [-0.25, -0.2) is 0 Å². The van der Waals surface area contributed by atoms with Crippen LogP contribution < -0.4 is 4.74 Å². The number of nitrogens with one attached hydrogen (secondary N) is 1.